The van der Waals surface area contributed by atoms with Crippen molar-refractivity contribution in [3.63, 3.8) is 0 Å². The Morgan fingerprint density at radius 1 is 1.78 bits per heavy atom. The molecule has 0 spiro atoms. The topological polar surface area (TPSA) is 52.3 Å². The van der Waals surface area contributed by atoms with Gasteiger partial charge in [-0.3, -0.25) is 4.79 Å². The molecule has 54 valence electrons. The minimum Gasteiger partial charge on any atom is -0.385 e. The minimum absolute atomic E-state index is 0.0649. The highest BCUT2D eigenvalue weighted by Gasteiger charge is 2.06. The second-order valence-electron chi connectivity index (χ2n) is 2.08. The molecular formula is C6H13NO2. The number of nitrogens with two attached hydrogens (primary N) is 1. The Bertz CT molecular complexity index is 93.1. The summed E-state index contributed by atoms with van der Waals surface area (Å²) in [4.78, 5) is 10.4. The van der Waals surface area contributed by atoms with Crippen LogP contribution in [-0.2, 0) is 9.53 Å². The van der Waals surface area contributed by atoms with Crippen LogP contribution in [0, 0.1) is 5.92 Å². The number of methoxy groups -OCH3 is 1. The quantitative estimate of drug-likeness (QED) is 0.590. The van der Waals surface area contributed by atoms with Gasteiger partial charge in [-0.25, -0.2) is 0 Å². The highest BCUT2D eigenvalue weighted by atomic mass is 16.5. The summed E-state index contributed by atoms with van der Waals surface area (Å²) in [6.45, 7) is 2.39. The zero-order valence-electron chi connectivity index (χ0n) is 5.89. The van der Waals surface area contributed by atoms with Crippen LogP contribution < -0.4 is 5.73 Å². The lowest BCUT2D eigenvalue weighted by Crippen LogP contribution is -2.21. The van der Waals surface area contributed by atoms with Gasteiger partial charge in [0.05, 0.1) is 0 Å². The van der Waals surface area contributed by atoms with Crippen molar-refractivity contribution in [3.05, 3.63) is 0 Å². The van der Waals surface area contributed by atoms with Crippen molar-refractivity contribution in [2.45, 2.75) is 13.3 Å². The molecule has 3 heteroatoms. The number of carbonyl (C=O) groups is 1. The Morgan fingerprint density at radius 3 is 2.67 bits per heavy atom. The molecule has 1 unspecified atom stereocenters. The van der Waals surface area contributed by atoms with E-state index in [4.69, 9.17) is 10.5 Å². The van der Waals surface area contributed by atoms with Crippen LogP contribution in [0.2, 0.25) is 0 Å². The number of primary amides is 1. The fourth-order valence-corrected chi connectivity index (χ4v) is 0.437. The third-order valence-electron chi connectivity index (χ3n) is 1.24. The Morgan fingerprint density at radius 2 is 2.33 bits per heavy atom. The summed E-state index contributed by atoms with van der Waals surface area (Å²) < 4.78 is 4.75. The normalized spacial score (nSPS) is 13.1. The molecule has 0 saturated heterocycles. The predicted molar refractivity (Wildman–Crippen MR) is 34.9 cm³/mol. The summed E-state index contributed by atoms with van der Waals surface area (Å²) in [5, 5.41) is 0. The third kappa shape index (κ3) is 3.97. The zero-order valence-corrected chi connectivity index (χ0v) is 5.89. The second kappa shape index (κ2) is 4.32. The molecule has 0 aromatic heterocycles. The lowest BCUT2D eigenvalue weighted by atomic mass is 10.1. The molecule has 0 aliphatic rings. The van der Waals surface area contributed by atoms with Crippen LogP contribution in [0.25, 0.3) is 0 Å². The van der Waals surface area contributed by atoms with E-state index >= 15 is 0 Å². The maximum Gasteiger partial charge on any atom is 0.220 e. The van der Waals surface area contributed by atoms with Crippen LogP contribution in [0.15, 0.2) is 0 Å². The first-order valence-electron chi connectivity index (χ1n) is 2.96. The third-order valence-corrected chi connectivity index (χ3v) is 1.24. The summed E-state index contributed by atoms with van der Waals surface area (Å²) in [6, 6.07) is 0. The van der Waals surface area contributed by atoms with Gasteiger partial charge in [0.15, 0.2) is 0 Å². The fourth-order valence-electron chi connectivity index (χ4n) is 0.437. The van der Waals surface area contributed by atoms with Gasteiger partial charge in [-0.05, 0) is 6.42 Å². The average molecular weight is 131 g/mol. The van der Waals surface area contributed by atoms with E-state index in [9.17, 15) is 4.79 Å². The van der Waals surface area contributed by atoms with E-state index < -0.39 is 0 Å². The molecule has 0 aromatic rings. The van der Waals surface area contributed by atoms with Gasteiger partial charge in [0.25, 0.3) is 0 Å². The summed E-state index contributed by atoms with van der Waals surface area (Å²) in [5.41, 5.74) is 4.98. The Kier molecular flexibility index (Phi) is 4.05. The van der Waals surface area contributed by atoms with E-state index in [1.54, 1.807) is 14.0 Å². The summed E-state index contributed by atoms with van der Waals surface area (Å²) >= 11 is 0. The molecule has 1 amide bonds. The molecule has 0 aliphatic carbocycles. The molecule has 0 aliphatic heterocycles. The molecular weight excluding hydrogens is 118 g/mol. The Hall–Kier alpha value is -0.570. The van der Waals surface area contributed by atoms with Gasteiger partial charge >= 0.3 is 0 Å². The molecule has 9 heavy (non-hydrogen) atoms. The molecule has 3 nitrogen and oxygen atoms in total. The van der Waals surface area contributed by atoms with Crippen LogP contribution in [0.4, 0.5) is 0 Å². The van der Waals surface area contributed by atoms with E-state index in [-0.39, 0.29) is 11.8 Å². The van der Waals surface area contributed by atoms with Crippen LogP contribution in [0.3, 0.4) is 0 Å². The van der Waals surface area contributed by atoms with Crippen molar-refractivity contribution < 1.29 is 9.53 Å². The average Bonchev–Trinajstić information content (AvgIpc) is 1.82. The Labute approximate surface area is 55.2 Å². The van der Waals surface area contributed by atoms with E-state index in [0.29, 0.717) is 13.0 Å². The lowest BCUT2D eigenvalue weighted by molar-refractivity contribution is -0.121. The van der Waals surface area contributed by atoms with Crippen molar-refractivity contribution in [1.29, 1.82) is 0 Å². The van der Waals surface area contributed by atoms with Crippen LogP contribution >= 0.6 is 0 Å². The summed E-state index contributed by atoms with van der Waals surface area (Å²) in [6.07, 6.45) is 0.714. The highest BCUT2D eigenvalue weighted by molar-refractivity contribution is 5.76. The molecule has 0 heterocycles. The van der Waals surface area contributed by atoms with Crippen molar-refractivity contribution in [1.82, 2.24) is 0 Å². The number of hydrogen-bond acceptors (Lipinski definition) is 2. The van der Waals surface area contributed by atoms with Gasteiger partial charge in [-0.1, -0.05) is 6.92 Å². The molecule has 0 saturated carbocycles. The molecule has 0 rings (SSSR count). The largest absolute Gasteiger partial charge is 0.385 e. The van der Waals surface area contributed by atoms with Gasteiger partial charge in [0.2, 0.25) is 5.91 Å². The maximum absolute atomic E-state index is 10.4. The Balaban J connectivity index is 3.27. The number of rotatable bonds is 4. The van der Waals surface area contributed by atoms with E-state index in [0.717, 1.165) is 0 Å². The summed E-state index contributed by atoms with van der Waals surface area (Å²) in [7, 11) is 1.60. The van der Waals surface area contributed by atoms with Crippen LogP contribution in [-0.4, -0.2) is 19.6 Å². The van der Waals surface area contributed by atoms with Crippen molar-refractivity contribution in [2.75, 3.05) is 13.7 Å². The monoisotopic (exact) mass is 131 g/mol. The number of amides is 1. The lowest BCUT2D eigenvalue weighted by Gasteiger charge is -2.03. The van der Waals surface area contributed by atoms with E-state index in [1.807, 2.05) is 0 Å². The smallest absolute Gasteiger partial charge is 0.220 e. The molecule has 0 aromatic carbocycles. The van der Waals surface area contributed by atoms with Crippen molar-refractivity contribution in [2.24, 2.45) is 11.7 Å². The van der Waals surface area contributed by atoms with Gasteiger partial charge in [0.1, 0.15) is 0 Å². The SMILES string of the molecule is COCCC(C)C(N)=O. The van der Waals surface area contributed by atoms with Crippen molar-refractivity contribution in [3.8, 4) is 0 Å². The first-order valence-corrected chi connectivity index (χ1v) is 2.96. The first kappa shape index (κ1) is 8.43. The van der Waals surface area contributed by atoms with E-state index in [1.165, 1.54) is 0 Å². The maximum atomic E-state index is 10.4. The fraction of sp³-hybridized carbons (Fsp3) is 0.833. The van der Waals surface area contributed by atoms with Gasteiger partial charge < -0.3 is 10.5 Å². The molecule has 1 atom stereocenters. The summed E-state index contributed by atoms with van der Waals surface area (Å²) in [5.74, 6) is -0.322. The van der Waals surface area contributed by atoms with Gasteiger partial charge in [-0.15, -0.1) is 0 Å². The predicted octanol–water partition coefficient (Wildman–Crippen LogP) is 0.144. The first-order chi connectivity index (χ1) is 4.18. The van der Waals surface area contributed by atoms with Gasteiger partial charge in [-0.2, -0.15) is 0 Å². The molecule has 0 fully saturated rings. The molecule has 2 N–H and O–H groups in total. The molecule has 0 bridgehead atoms. The van der Waals surface area contributed by atoms with Crippen molar-refractivity contribution >= 4 is 5.91 Å². The molecule has 0 radical (unpaired) electrons. The number of hydrogen-bond donors (Lipinski definition) is 1. The van der Waals surface area contributed by atoms with E-state index in [2.05, 4.69) is 0 Å². The standard InChI is InChI=1S/C6H13NO2/c1-5(6(7)8)3-4-9-2/h5H,3-4H2,1-2H3,(H2,7,8). The van der Waals surface area contributed by atoms with Crippen LogP contribution in [0.5, 0.6) is 0 Å². The van der Waals surface area contributed by atoms with Crippen LogP contribution in [0.1, 0.15) is 13.3 Å². The zero-order chi connectivity index (χ0) is 7.28. The minimum atomic E-state index is -0.257. The second-order valence-corrected chi connectivity index (χ2v) is 2.08. The number of carbonyl (C=O) groups excluding carboxylic acids is 1. The highest BCUT2D eigenvalue weighted by Crippen LogP contribution is 1.98. The van der Waals surface area contributed by atoms with Gasteiger partial charge in [0, 0.05) is 19.6 Å². The number of ether oxygens (including phenoxy) is 1.